The summed E-state index contributed by atoms with van der Waals surface area (Å²) in [5.74, 6) is 1.60. The molecule has 0 aliphatic rings. The zero-order valence-electron chi connectivity index (χ0n) is 14.3. The average Bonchev–Trinajstić information content (AvgIpc) is 3.02. The molecule has 0 aliphatic heterocycles. The fourth-order valence-electron chi connectivity index (χ4n) is 2.44. The van der Waals surface area contributed by atoms with Crippen LogP contribution in [0.3, 0.4) is 0 Å². The highest BCUT2D eigenvalue weighted by atomic mass is 127. The first-order valence-corrected chi connectivity index (χ1v) is 7.95. The molecule has 7 nitrogen and oxygen atoms in total. The monoisotopic (exact) mass is 451 g/mol. The van der Waals surface area contributed by atoms with Crippen LogP contribution in [-0.2, 0) is 20.1 Å². The summed E-state index contributed by atoms with van der Waals surface area (Å²) in [5, 5.41) is 11.7. The van der Waals surface area contributed by atoms with Crippen molar-refractivity contribution in [2.24, 2.45) is 12.0 Å². The molecule has 2 heterocycles. The molecule has 0 spiro atoms. The molecule has 3 rings (SSSR count). The molecule has 1 aromatic carbocycles. The van der Waals surface area contributed by atoms with Gasteiger partial charge in [-0.05, 0) is 18.6 Å². The predicted molar refractivity (Wildman–Crippen MR) is 110 cm³/mol. The molecule has 0 saturated heterocycles. The van der Waals surface area contributed by atoms with Crippen LogP contribution in [-0.4, -0.2) is 32.3 Å². The number of aliphatic imine (C=N–C) groups is 1. The van der Waals surface area contributed by atoms with Gasteiger partial charge in [0, 0.05) is 25.2 Å². The van der Waals surface area contributed by atoms with Crippen molar-refractivity contribution >= 4 is 40.8 Å². The lowest BCUT2D eigenvalue weighted by Crippen LogP contribution is -2.37. The first kappa shape index (κ1) is 19.1. The van der Waals surface area contributed by atoms with Crippen LogP contribution >= 0.6 is 24.0 Å². The maximum atomic E-state index is 4.66. The summed E-state index contributed by atoms with van der Waals surface area (Å²) in [4.78, 5) is 13.3. The van der Waals surface area contributed by atoms with Crippen LogP contribution in [0.15, 0.2) is 47.8 Å². The number of fused-ring (bicyclic) bond motifs is 1. The van der Waals surface area contributed by atoms with Crippen LogP contribution in [0, 0.1) is 0 Å². The van der Waals surface area contributed by atoms with Gasteiger partial charge >= 0.3 is 0 Å². The van der Waals surface area contributed by atoms with E-state index in [0.717, 1.165) is 34.8 Å². The van der Waals surface area contributed by atoms with E-state index in [9.17, 15) is 0 Å². The van der Waals surface area contributed by atoms with E-state index >= 15 is 0 Å². The molecule has 2 aromatic heterocycles. The van der Waals surface area contributed by atoms with Crippen LogP contribution in [0.4, 0.5) is 0 Å². The van der Waals surface area contributed by atoms with Crippen LogP contribution in [0.1, 0.15) is 18.3 Å². The number of halogens is 1. The average molecular weight is 451 g/mol. The molecular weight excluding hydrogens is 429 g/mol. The summed E-state index contributed by atoms with van der Waals surface area (Å²) in [6.45, 7) is 3.95. The number of hydrogen-bond donors (Lipinski definition) is 2. The van der Waals surface area contributed by atoms with Crippen molar-refractivity contribution in [2.75, 3.05) is 6.54 Å². The Balaban J connectivity index is 0.00000225. The topological polar surface area (TPSA) is 80.0 Å². The molecule has 2 N–H and O–H groups in total. The summed E-state index contributed by atoms with van der Waals surface area (Å²) in [6, 6.07) is 10.2. The Morgan fingerprint density at radius 3 is 2.76 bits per heavy atom. The molecular formula is C17H22IN7. The third kappa shape index (κ3) is 4.88. The lowest BCUT2D eigenvalue weighted by molar-refractivity contribution is 0.673. The molecule has 3 aromatic rings. The van der Waals surface area contributed by atoms with Gasteiger partial charge in [0.1, 0.15) is 12.2 Å². The number of pyridine rings is 1. The van der Waals surface area contributed by atoms with E-state index in [1.165, 1.54) is 0 Å². The molecule has 0 aliphatic carbocycles. The van der Waals surface area contributed by atoms with E-state index in [2.05, 4.69) is 48.9 Å². The van der Waals surface area contributed by atoms with Gasteiger partial charge < -0.3 is 10.6 Å². The molecule has 0 atom stereocenters. The molecule has 25 heavy (non-hydrogen) atoms. The minimum Gasteiger partial charge on any atom is -0.357 e. The number of para-hydroxylation sites is 1. The Morgan fingerprint density at radius 2 is 2.00 bits per heavy atom. The SMILES string of the molecule is CCNC(=NCc1cccc2cccnc12)NCc1ncnn1C.I. The third-order valence-electron chi connectivity index (χ3n) is 3.69. The lowest BCUT2D eigenvalue weighted by Gasteiger charge is -2.11. The van der Waals surface area contributed by atoms with Crippen molar-refractivity contribution < 1.29 is 0 Å². The minimum absolute atomic E-state index is 0. The molecule has 132 valence electrons. The number of aromatic nitrogens is 4. The second-order valence-electron chi connectivity index (χ2n) is 5.34. The number of rotatable bonds is 5. The van der Waals surface area contributed by atoms with Crippen LogP contribution in [0.5, 0.6) is 0 Å². The first-order chi connectivity index (χ1) is 11.8. The molecule has 0 saturated carbocycles. The zero-order chi connectivity index (χ0) is 16.8. The summed E-state index contributed by atoms with van der Waals surface area (Å²) >= 11 is 0. The molecule has 0 radical (unpaired) electrons. The largest absolute Gasteiger partial charge is 0.357 e. The van der Waals surface area contributed by atoms with Crippen molar-refractivity contribution in [3.63, 3.8) is 0 Å². The Morgan fingerprint density at radius 1 is 1.16 bits per heavy atom. The quantitative estimate of drug-likeness (QED) is 0.354. The second kappa shape index (κ2) is 9.30. The van der Waals surface area contributed by atoms with Crippen molar-refractivity contribution in [1.82, 2.24) is 30.4 Å². The van der Waals surface area contributed by atoms with Crippen LogP contribution < -0.4 is 10.6 Å². The summed E-state index contributed by atoms with van der Waals surface area (Å²) in [5.41, 5.74) is 2.09. The Kier molecular flexibility index (Phi) is 7.11. The summed E-state index contributed by atoms with van der Waals surface area (Å²) in [6.07, 6.45) is 3.36. The standard InChI is InChI=1S/C17H21N7.HI/c1-3-18-17(21-11-15-22-12-23-24(15)2)20-10-14-7-4-6-13-8-5-9-19-16(13)14;/h4-9,12H,3,10-11H2,1-2H3,(H2,18,20,21);1H. The molecule has 8 heteroatoms. The lowest BCUT2D eigenvalue weighted by atomic mass is 10.1. The van der Waals surface area contributed by atoms with Gasteiger partial charge in [-0.25, -0.2) is 9.98 Å². The van der Waals surface area contributed by atoms with E-state index in [0.29, 0.717) is 13.1 Å². The van der Waals surface area contributed by atoms with Gasteiger partial charge in [-0.2, -0.15) is 5.10 Å². The maximum absolute atomic E-state index is 4.66. The van der Waals surface area contributed by atoms with E-state index in [4.69, 9.17) is 0 Å². The van der Waals surface area contributed by atoms with Gasteiger partial charge in [0.05, 0.1) is 18.6 Å². The number of hydrogen-bond acceptors (Lipinski definition) is 4. The zero-order valence-corrected chi connectivity index (χ0v) is 16.6. The summed E-state index contributed by atoms with van der Waals surface area (Å²) in [7, 11) is 1.87. The highest BCUT2D eigenvalue weighted by Gasteiger charge is 2.04. The van der Waals surface area contributed by atoms with Gasteiger partial charge in [0.25, 0.3) is 0 Å². The molecule has 0 fully saturated rings. The van der Waals surface area contributed by atoms with E-state index in [1.54, 1.807) is 11.0 Å². The fraction of sp³-hybridized carbons (Fsp3) is 0.294. The van der Waals surface area contributed by atoms with Gasteiger partial charge in [0.15, 0.2) is 5.96 Å². The van der Waals surface area contributed by atoms with Crippen molar-refractivity contribution in [3.8, 4) is 0 Å². The maximum Gasteiger partial charge on any atom is 0.191 e. The third-order valence-corrected chi connectivity index (χ3v) is 3.69. The first-order valence-electron chi connectivity index (χ1n) is 7.95. The Hall–Kier alpha value is -2.23. The number of guanidine groups is 1. The number of nitrogens with zero attached hydrogens (tertiary/aromatic N) is 5. The number of nitrogens with one attached hydrogen (secondary N) is 2. The van der Waals surface area contributed by atoms with Gasteiger partial charge in [-0.1, -0.05) is 24.3 Å². The smallest absolute Gasteiger partial charge is 0.191 e. The number of aryl methyl sites for hydroxylation is 1. The molecule has 0 amide bonds. The van der Waals surface area contributed by atoms with Gasteiger partial charge in [-0.15, -0.1) is 24.0 Å². The normalized spacial score (nSPS) is 11.2. The molecule has 0 unspecified atom stereocenters. The predicted octanol–water partition coefficient (Wildman–Crippen LogP) is 2.24. The second-order valence-corrected chi connectivity index (χ2v) is 5.34. The Bertz CT molecular complexity index is 838. The Labute approximate surface area is 164 Å². The minimum atomic E-state index is 0. The van der Waals surface area contributed by atoms with Gasteiger partial charge in [-0.3, -0.25) is 9.67 Å². The highest BCUT2D eigenvalue weighted by Crippen LogP contribution is 2.16. The van der Waals surface area contributed by atoms with Crippen molar-refractivity contribution in [2.45, 2.75) is 20.0 Å². The summed E-state index contributed by atoms with van der Waals surface area (Å²) < 4.78 is 1.74. The van der Waals surface area contributed by atoms with E-state index in [-0.39, 0.29) is 24.0 Å². The van der Waals surface area contributed by atoms with Crippen molar-refractivity contribution in [1.29, 1.82) is 0 Å². The van der Waals surface area contributed by atoms with Gasteiger partial charge in [0.2, 0.25) is 0 Å². The highest BCUT2D eigenvalue weighted by molar-refractivity contribution is 14.0. The fourth-order valence-corrected chi connectivity index (χ4v) is 2.44. The van der Waals surface area contributed by atoms with E-state index in [1.807, 2.05) is 32.3 Å². The molecule has 0 bridgehead atoms. The van der Waals surface area contributed by atoms with Crippen LogP contribution in [0.2, 0.25) is 0 Å². The van der Waals surface area contributed by atoms with Crippen molar-refractivity contribution in [3.05, 3.63) is 54.2 Å². The van der Waals surface area contributed by atoms with E-state index < -0.39 is 0 Å². The number of benzene rings is 1. The van der Waals surface area contributed by atoms with Crippen LogP contribution in [0.25, 0.3) is 10.9 Å².